The number of thiophene rings is 1. The second kappa shape index (κ2) is 6.03. The molecule has 2 N–H and O–H groups in total. The molecule has 0 bridgehead atoms. The average molecular weight is 261 g/mol. The molecule has 1 heterocycles. The molecule has 0 fully saturated rings. The number of rotatable bonds is 5. The molecular formula is C15H19NOS. The normalized spacial score (nSPS) is 12.4. The van der Waals surface area contributed by atoms with Crippen LogP contribution < -0.4 is 10.5 Å². The molecule has 3 heteroatoms. The monoisotopic (exact) mass is 261 g/mol. The predicted octanol–water partition coefficient (Wildman–Crippen LogP) is 3.70. The van der Waals surface area contributed by atoms with Crippen LogP contribution in [-0.2, 0) is 6.42 Å². The molecule has 0 radical (unpaired) electrons. The maximum atomic E-state index is 5.95. The van der Waals surface area contributed by atoms with Gasteiger partial charge in [-0.05, 0) is 47.9 Å². The fourth-order valence-electron chi connectivity index (χ4n) is 1.86. The van der Waals surface area contributed by atoms with Crippen molar-refractivity contribution in [2.24, 2.45) is 5.73 Å². The lowest BCUT2D eigenvalue weighted by atomic mass is 10.1. The lowest BCUT2D eigenvalue weighted by Crippen LogP contribution is -2.09. The third-order valence-electron chi connectivity index (χ3n) is 2.89. The van der Waals surface area contributed by atoms with E-state index in [2.05, 4.69) is 41.9 Å². The molecule has 0 aliphatic carbocycles. The van der Waals surface area contributed by atoms with Crippen molar-refractivity contribution >= 4 is 11.3 Å². The van der Waals surface area contributed by atoms with Crippen LogP contribution in [0.3, 0.4) is 0 Å². The molecular weight excluding hydrogens is 242 g/mol. The van der Waals surface area contributed by atoms with Gasteiger partial charge >= 0.3 is 0 Å². The Morgan fingerprint density at radius 2 is 2.17 bits per heavy atom. The highest BCUT2D eigenvalue weighted by Gasteiger charge is 2.08. The molecule has 1 aromatic carbocycles. The fraction of sp³-hybridized carbons (Fsp3) is 0.333. The summed E-state index contributed by atoms with van der Waals surface area (Å²) in [5, 5.41) is 4.25. The van der Waals surface area contributed by atoms with E-state index in [1.165, 1.54) is 11.1 Å². The summed E-state index contributed by atoms with van der Waals surface area (Å²) in [7, 11) is 0. The van der Waals surface area contributed by atoms with Crippen molar-refractivity contribution in [1.29, 1.82) is 0 Å². The van der Waals surface area contributed by atoms with E-state index in [0.717, 1.165) is 17.7 Å². The average Bonchev–Trinajstić information content (AvgIpc) is 2.82. The van der Waals surface area contributed by atoms with E-state index >= 15 is 0 Å². The van der Waals surface area contributed by atoms with Crippen LogP contribution in [0.2, 0.25) is 0 Å². The first kappa shape index (κ1) is 13.1. The Morgan fingerprint density at radius 1 is 1.33 bits per heavy atom. The van der Waals surface area contributed by atoms with Crippen molar-refractivity contribution in [1.82, 2.24) is 0 Å². The van der Waals surface area contributed by atoms with Crippen molar-refractivity contribution in [3.05, 3.63) is 51.7 Å². The molecule has 2 nitrogen and oxygen atoms in total. The topological polar surface area (TPSA) is 35.2 Å². The van der Waals surface area contributed by atoms with Gasteiger partial charge in [-0.2, -0.15) is 11.3 Å². The summed E-state index contributed by atoms with van der Waals surface area (Å²) < 4.78 is 5.88. The Hall–Kier alpha value is -1.32. The molecule has 0 aliphatic heterocycles. The van der Waals surface area contributed by atoms with Gasteiger partial charge in [0.05, 0.1) is 6.61 Å². The summed E-state index contributed by atoms with van der Waals surface area (Å²) >= 11 is 1.72. The van der Waals surface area contributed by atoms with Gasteiger partial charge in [0, 0.05) is 18.0 Å². The first-order chi connectivity index (χ1) is 8.66. The molecule has 0 saturated carbocycles. The lowest BCUT2D eigenvalue weighted by Gasteiger charge is -2.14. The molecule has 0 spiro atoms. The van der Waals surface area contributed by atoms with Crippen LogP contribution in [0, 0.1) is 6.92 Å². The minimum Gasteiger partial charge on any atom is -0.493 e. The van der Waals surface area contributed by atoms with Gasteiger partial charge in [0.2, 0.25) is 0 Å². The van der Waals surface area contributed by atoms with Gasteiger partial charge < -0.3 is 10.5 Å². The number of aryl methyl sites for hydroxylation is 1. The van der Waals surface area contributed by atoms with Gasteiger partial charge in [0.15, 0.2) is 0 Å². The molecule has 18 heavy (non-hydrogen) atoms. The number of nitrogens with two attached hydrogens (primary N) is 1. The minimum absolute atomic E-state index is 0.00162. The van der Waals surface area contributed by atoms with Crippen LogP contribution in [0.5, 0.6) is 5.75 Å². The summed E-state index contributed by atoms with van der Waals surface area (Å²) in [5.41, 5.74) is 9.56. The lowest BCUT2D eigenvalue weighted by molar-refractivity contribution is 0.317. The Morgan fingerprint density at radius 3 is 2.83 bits per heavy atom. The molecule has 0 saturated heterocycles. The summed E-state index contributed by atoms with van der Waals surface area (Å²) in [6, 6.07) is 8.33. The second-order valence-electron chi connectivity index (χ2n) is 4.56. The predicted molar refractivity (Wildman–Crippen MR) is 77.3 cm³/mol. The van der Waals surface area contributed by atoms with Crippen LogP contribution >= 0.6 is 11.3 Å². The largest absolute Gasteiger partial charge is 0.493 e. The first-order valence-electron chi connectivity index (χ1n) is 6.17. The third kappa shape index (κ3) is 3.34. The SMILES string of the molecule is Cc1ccc([C@H](C)N)c(OCCc2ccsc2)c1. The molecule has 1 aromatic heterocycles. The Bertz CT molecular complexity index is 491. The highest BCUT2D eigenvalue weighted by atomic mass is 32.1. The van der Waals surface area contributed by atoms with Gasteiger partial charge in [-0.15, -0.1) is 0 Å². The van der Waals surface area contributed by atoms with E-state index in [9.17, 15) is 0 Å². The minimum atomic E-state index is 0.00162. The molecule has 0 aliphatic rings. The van der Waals surface area contributed by atoms with E-state index < -0.39 is 0 Å². The zero-order valence-corrected chi connectivity index (χ0v) is 11.7. The zero-order valence-electron chi connectivity index (χ0n) is 10.8. The quantitative estimate of drug-likeness (QED) is 0.890. The Kier molecular flexibility index (Phi) is 4.39. The number of hydrogen-bond donors (Lipinski definition) is 1. The Balaban J connectivity index is 2.01. The molecule has 1 atom stereocenters. The zero-order chi connectivity index (χ0) is 13.0. The highest BCUT2D eigenvalue weighted by molar-refractivity contribution is 7.07. The molecule has 0 amide bonds. The molecule has 96 valence electrons. The van der Waals surface area contributed by atoms with E-state index in [-0.39, 0.29) is 6.04 Å². The highest BCUT2D eigenvalue weighted by Crippen LogP contribution is 2.25. The van der Waals surface area contributed by atoms with Crippen molar-refractivity contribution in [3.63, 3.8) is 0 Å². The van der Waals surface area contributed by atoms with Gasteiger partial charge in [-0.1, -0.05) is 12.1 Å². The van der Waals surface area contributed by atoms with Gasteiger partial charge in [-0.25, -0.2) is 0 Å². The number of benzene rings is 1. The van der Waals surface area contributed by atoms with Crippen LogP contribution in [0.15, 0.2) is 35.0 Å². The molecule has 2 aromatic rings. The maximum absolute atomic E-state index is 5.95. The van der Waals surface area contributed by atoms with E-state index in [1.54, 1.807) is 11.3 Å². The van der Waals surface area contributed by atoms with Crippen molar-refractivity contribution < 1.29 is 4.74 Å². The van der Waals surface area contributed by atoms with Gasteiger partial charge in [0.25, 0.3) is 0 Å². The third-order valence-corrected chi connectivity index (χ3v) is 3.62. The standard InChI is InChI=1S/C15H19NOS/c1-11-3-4-14(12(2)16)15(9-11)17-7-5-13-6-8-18-10-13/h3-4,6,8-10,12H,5,7,16H2,1-2H3/t12-/m0/s1. The van der Waals surface area contributed by atoms with Crippen molar-refractivity contribution in [3.8, 4) is 5.75 Å². The molecule has 0 unspecified atom stereocenters. The van der Waals surface area contributed by atoms with E-state index in [1.807, 2.05) is 6.92 Å². The van der Waals surface area contributed by atoms with Crippen LogP contribution in [-0.4, -0.2) is 6.61 Å². The number of ether oxygens (including phenoxy) is 1. The summed E-state index contributed by atoms with van der Waals surface area (Å²) in [4.78, 5) is 0. The van der Waals surface area contributed by atoms with Gasteiger partial charge in [-0.3, -0.25) is 0 Å². The van der Waals surface area contributed by atoms with E-state index in [0.29, 0.717) is 6.61 Å². The smallest absolute Gasteiger partial charge is 0.124 e. The summed E-state index contributed by atoms with van der Waals surface area (Å²) in [6.45, 7) is 4.74. The summed E-state index contributed by atoms with van der Waals surface area (Å²) in [6.07, 6.45) is 0.940. The van der Waals surface area contributed by atoms with Crippen LogP contribution in [0.25, 0.3) is 0 Å². The summed E-state index contributed by atoms with van der Waals surface area (Å²) in [5.74, 6) is 0.917. The second-order valence-corrected chi connectivity index (χ2v) is 5.34. The van der Waals surface area contributed by atoms with Crippen LogP contribution in [0.4, 0.5) is 0 Å². The van der Waals surface area contributed by atoms with E-state index in [4.69, 9.17) is 10.5 Å². The Labute approximate surface area is 112 Å². The van der Waals surface area contributed by atoms with Crippen molar-refractivity contribution in [2.75, 3.05) is 6.61 Å². The van der Waals surface area contributed by atoms with Crippen molar-refractivity contribution in [2.45, 2.75) is 26.3 Å². The fourth-order valence-corrected chi connectivity index (χ4v) is 2.56. The van der Waals surface area contributed by atoms with Crippen LogP contribution in [0.1, 0.15) is 29.7 Å². The number of hydrogen-bond acceptors (Lipinski definition) is 3. The first-order valence-corrected chi connectivity index (χ1v) is 7.11. The molecule has 2 rings (SSSR count). The maximum Gasteiger partial charge on any atom is 0.124 e. The van der Waals surface area contributed by atoms with Gasteiger partial charge in [0.1, 0.15) is 5.75 Å².